The van der Waals surface area contributed by atoms with Gasteiger partial charge in [-0.3, -0.25) is 14.6 Å². The summed E-state index contributed by atoms with van der Waals surface area (Å²) >= 11 is 4.97. The van der Waals surface area contributed by atoms with Crippen LogP contribution < -0.4 is 10.9 Å². The molecule has 0 bridgehead atoms. The van der Waals surface area contributed by atoms with Crippen LogP contribution in [0.5, 0.6) is 0 Å². The van der Waals surface area contributed by atoms with Crippen molar-refractivity contribution in [3.63, 3.8) is 0 Å². The minimum absolute atomic E-state index is 0.0970. The first-order chi connectivity index (χ1) is 10.5. The third-order valence-electron chi connectivity index (χ3n) is 4.43. The molecular formula is C16H19N3O2S. The highest BCUT2D eigenvalue weighted by atomic mass is 32.1. The average Bonchev–Trinajstić information content (AvgIpc) is 2.48. The van der Waals surface area contributed by atoms with Gasteiger partial charge in [-0.15, -0.1) is 0 Å². The molecule has 0 spiro atoms. The standard InChI is InChI=1S/C16H19N3O2S/c1-9-4-2-3-5-12(9)17-14(20)10-6-7-11-13(8-10)18-16(22)19-15(11)21/h6-9,12H,2-5H2,1H3,(H,17,20)(H2,18,19,21,22)/t9-,12+/m1/s1. The number of amides is 1. The van der Waals surface area contributed by atoms with E-state index in [-0.39, 0.29) is 22.3 Å². The Labute approximate surface area is 133 Å². The van der Waals surface area contributed by atoms with Gasteiger partial charge in [-0.2, -0.15) is 0 Å². The molecule has 1 fully saturated rings. The van der Waals surface area contributed by atoms with Crippen LogP contribution in [0.1, 0.15) is 43.0 Å². The molecule has 116 valence electrons. The lowest BCUT2D eigenvalue weighted by molar-refractivity contribution is 0.0910. The Kier molecular flexibility index (Phi) is 4.11. The summed E-state index contributed by atoms with van der Waals surface area (Å²) < 4.78 is 0.260. The first kappa shape index (κ1) is 15.0. The maximum absolute atomic E-state index is 12.4. The molecule has 0 aliphatic heterocycles. The highest BCUT2D eigenvalue weighted by Crippen LogP contribution is 2.24. The number of H-pyrrole nitrogens is 2. The summed E-state index contributed by atoms with van der Waals surface area (Å²) in [6, 6.07) is 5.24. The van der Waals surface area contributed by atoms with Crippen molar-refractivity contribution in [2.45, 2.75) is 38.6 Å². The second-order valence-corrected chi connectivity index (χ2v) is 6.42. The van der Waals surface area contributed by atoms with Gasteiger partial charge in [-0.1, -0.05) is 19.8 Å². The highest BCUT2D eigenvalue weighted by Gasteiger charge is 2.23. The number of aromatic amines is 2. The molecule has 1 heterocycles. The van der Waals surface area contributed by atoms with E-state index in [1.54, 1.807) is 18.2 Å². The van der Waals surface area contributed by atoms with E-state index in [9.17, 15) is 9.59 Å². The summed E-state index contributed by atoms with van der Waals surface area (Å²) in [5, 5.41) is 3.61. The van der Waals surface area contributed by atoms with Crippen LogP contribution in [0.3, 0.4) is 0 Å². The molecule has 1 aromatic carbocycles. The molecule has 6 heteroatoms. The molecule has 1 saturated carbocycles. The molecular weight excluding hydrogens is 298 g/mol. The van der Waals surface area contributed by atoms with Gasteiger partial charge in [0, 0.05) is 11.6 Å². The lowest BCUT2D eigenvalue weighted by Crippen LogP contribution is -2.41. The average molecular weight is 317 g/mol. The Bertz CT molecular complexity index is 824. The van der Waals surface area contributed by atoms with Gasteiger partial charge >= 0.3 is 0 Å². The van der Waals surface area contributed by atoms with Crippen LogP contribution >= 0.6 is 12.2 Å². The normalized spacial score (nSPS) is 21.7. The van der Waals surface area contributed by atoms with Crippen LogP contribution in [0.4, 0.5) is 0 Å². The molecule has 0 unspecified atom stereocenters. The van der Waals surface area contributed by atoms with E-state index >= 15 is 0 Å². The molecule has 1 aliphatic carbocycles. The number of rotatable bonds is 2. The summed E-state index contributed by atoms with van der Waals surface area (Å²) in [7, 11) is 0. The first-order valence-corrected chi connectivity index (χ1v) is 8.02. The Hall–Kier alpha value is -1.95. The Morgan fingerprint density at radius 1 is 1.27 bits per heavy atom. The third-order valence-corrected chi connectivity index (χ3v) is 4.63. The van der Waals surface area contributed by atoms with Crippen LogP contribution in [-0.4, -0.2) is 21.9 Å². The van der Waals surface area contributed by atoms with Gasteiger partial charge in [0.25, 0.3) is 11.5 Å². The molecule has 5 nitrogen and oxygen atoms in total. The fraction of sp³-hybridized carbons (Fsp3) is 0.438. The van der Waals surface area contributed by atoms with Gasteiger partial charge < -0.3 is 10.3 Å². The van der Waals surface area contributed by atoms with Gasteiger partial charge in [-0.25, -0.2) is 0 Å². The Balaban J connectivity index is 1.88. The minimum atomic E-state index is -0.244. The maximum Gasteiger partial charge on any atom is 0.259 e. The smallest absolute Gasteiger partial charge is 0.259 e. The number of benzene rings is 1. The molecule has 3 N–H and O–H groups in total. The van der Waals surface area contributed by atoms with Gasteiger partial charge in [0.1, 0.15) is 0 Å². The first-order valence-electron chi connectivity index (χ1n) is 7.62. The summed E-state index contributed by atoms with van der Waals surface area (Å²) in [5.41, 5.74) is 0.881. The van der Waals surface area contributed by atoms with Crippen molar-refractivity contribution in [3.8, 4) is 0 Å². The van der Waals surface area contributed by atoms with Crippen molar-refractivity contribution in [2.75, 3.05) is 0 Å². The molecule has 22 heavy (non-hydrogen) atoms. The SMILES string of the molecule is C[C@@H]1CCCC[C@@H]1NC(=O)c1ccc2c(=O)[nH]c(=S)[nH]c2c1. The van der Waals surface area contributed by atoms with E-state index in [4.69, 9.17) is 12.2 Å². The van der Waals surface area contributed by atoms with Crippen LogP contribution in [0, 0.1) is 10.7 Å². The van der Waals surface area contributed by atoms with Gasteiger partial charge in [0.2, 0.25) is 0 Å². The number of fused-ring (bicyclic) bond motifs is 1. The summed E-state index contributed by atoms with van der Waals surface area (Å²) in [6.45, 7) is 2.18. The van der Waals surface area contributed by atoms with Crippen LogP contribution in [0.25, 0.3) is 10.9 Å². The number of aromatic nitrogens is 2. The second-order valence-electron chi connectivity index (χ2n) is 6.01. The second kappa shape index (κ2) is 6.04. The molecule has 2 aromatic rings. The molecule has 2 atom stereocenters. The van der Waals surface area contributed by atoms with E-state index in [2.05, 4.69) is 22.2 Å². The fourth-order valence-corrected chi connectivity index (χ4v) is 3.30. The minimum Gasteiger partial charge on any atom is -0.349 e. The van der Waals surface area contributed by atoms with Gasteiger partial charge in [0.15, 0.2) is 4.77 Å². The lowest BCUT2D eigenvalue weighted by atomic mass is 9.86. The largest absolute Gasteiger partial charge is 0.349 e. The van der Waals surface area contributed by atoms with Crippen molar-refractivity contribution in [1.82, 2.24) is 15.3 Å². The predicted octanol–water partition coefficient (Wildman–Crippen LogP) is 2.89. The molecule has 1 amide bonds. The molecule has 0 saturated heterocycles. The van der Waals surface area contributed by atoms with Gasteiger partial charge in [-0.05, 0) is 49.2 Å². The molecule has 3 rings (SSSR count). The van der Waals surface area contributed by atoms with Crippen molar-refractivity contribution in [2.24, 2.45) is 5.92 Å². The topological polar surface area (TPSA) is 77.8 Å². The number of hydrogen-bond donors (Lipinski definition) is 3. The van der Waals surface area contributed by atoms with Crippen molar-refractivity contribution in [3.05, 3.63) is 38.9 Å². The summed E-state index contributed by atoms with van der Waals surface area (Å²) in [5.74, 6) is 0.409. The van der Waals surface area contributed by atoms with E-state index in [1.165, 1.54) is 6.42 Å². The zero-order valence-electron chi connectivity index (χ0n) is 12.4. The summed E-state index contributed by atoms with van der Waals surface area (Å²) in [4.78, 5) is 29.7. The van der Waals surface area contributed by atoms with E-state index < -0.39 is 0 Å². The van der Waals surface area contributed by atoms with Crippen molar-refractivity contribution in [1.29, 1.82) is 0 Å². The van der Waals surface area contributed by atoms with Crippen LogP contribution in [0.2, 0.25) is 0 Å². The van der Waals surface area contributed by atoms with Crippen LogP contribution in [-0.2, 0) is 0 Å². The van der Waals surface area contributed by atoms with Crippen molar-refractivity contribution < 1.29 is 4.79 Å². The maximum atomic E-state index is 12.4. The quantitative estimate of drug-likeness (QED) is 0.745. The predicted molar refractivity (Wildman–Crippen MR) is 88.6 cm³/mol. The lowest BCUT2D eigenvalue weighted by Gasteiger charge is -2.29. The molecule has 1 aromatic heterocycles. The summed E-state index contributed by atoms with van der Waals surface area (Å²) in [6.07, 6.45) is 4.59. The van der Waals surface area contributed by atoms with E-state index in [1.807, 2.05) is 0 Å². The van der Waals surface area contributed by atoms with Crippen LogP contribution in [0.15, 0.2) is 23.0 Å². The van der Waals surface area contributed by atoms with Crippen molar-refractivity contribution >= 4 is 29.0 Å². The number of carbonyl (C=O) groups is 1. The highest BCUT2D eigenvalue weighted by molar-refractivity contribution is 7.71. The molecule has 0 radical (unpaired) electrons. The number of carbonyl (C=O) groups excluding carboxylic acids is 1. The number of nitrogens with one attached hydrogen (secondary N) is 3. The zero-order chi connectivity index (χ0) is 15.7. The Morgan fingerprint density at radius 2 is 2.05 bits per heavy atom. The monoisotopic (exact) mass is 317 g/mol. The zero-order valence-corrected chi connectivity index (χ0v) is 13.3. The fourth-order valence-electron chi connectivity index (χ4n) is 3.09. The van der Waals surface area contributed by atoms with E-state index in [0.717, 1.165) is 19.3 Å². The number of hydrogen-bond acceptors (Lipinski definition) is 3. The Morgan fingerprint density at radius 3 is 2.82 bits per heavy atom. The van der Waals surface area contributed by atoms with Gasteiger partial charge in [0.05, 0.1) is 10.9 Å². The third kappa shape index (κ3) is 2.97. The molecule has 1 aliphatic rings. The van der Waals surface area contributed by atoms with E-state index in [0.29, 0.717) is 22.4 Å².